The third-order valence-electron chi connectivity index (χ3n) is 6.12. The first-order valence-corrected chi connectivity index (χ1v) is 12.5. The summed E-state index contributed by atoms with van der Waals surface area (Å²) in [5.41, 5.74) is 8.09. The first-order valence-electron chi connectivity index (χ1n) is 12.5. The summed E-state index contributed by atoms with van der Waals surface area (Å²) >= 11 is 0. The van der Waals surface area contributed by atoms with Crippen LogP contribution >= 0.6 is 0 Å². The fraction of sp³-hybridized carbons (Fsp3) is 0. The zero-order chi connectivity index (χ0) is 25.1. The van der Waals surface area contributed by atoms with Crippen molar-refractivity contribution < 1.29 is 0 Å². The highest BCUT2D eigenvalue weighted by Crippen LogP contribution is 2.31. The Morgan fingerprint density at radius 2 is 0.811 bits per heavy atom. The highest BCUT2D eigenvalue weighted by molar-refractivity contribution is 5.84. The summed E-state index contributed by atoms with van der Waals surface area (Å²) < 4.78 is 0. The minimum Gasteiger partial charge on any atom is -0.317 e. The predicted octanol–water partition coefficient (Wildman–Crippen LogP) is 9.64. The molecule has 5 rings (SSSR count). The Morgan fingerprint density at radius 1 is 0.405 bits per heavy atom. The molecule has 0 fully saturated rings. The number of benzene rings is 5. The van der Waals surface area contributed by atoms with Crippen molar-refractivity contribution in [2.45, 2.75) is 0 Å². The summed E-state index contributed by atoms with van der Waals surface area (Å²) in [5, 5.41) is 0. The molecule has 0 heterocycles. The predicted molar refractivity (Wildman–Crippen MR) is 159 cm³/mol. The molecule has 0 spiro atoms. The summed E-state index contributed by atoms with van der Waals surface area (Å²) in [6.45, 7) is 0. The van der Waals surface area contributed by atoms with Crippen molar-refractivity contribution in [1.82, 2.24) is 0 Å². The van der Waals surface area contributed by atoms with Gasteiger partial charge in [0.15, 0.2) is 0 Å². The Labute approximate surface area is 220 Å². The van der Waals surface area contributed by atoms with E-state index in [1.807, 2.05) is 6.07 Å². The molecular formula is C36H29N. The maximum atomic E-state index is 2.26. The average Bonchev–Trinajstić information content (AvgIpc) is 2.98. The van der Waals surface area contributed by atoms with E-state index in [0.29, 0.717) is 0 Å². The van der Waals surface area contributed by atoms with E-state index in [0.717, 1.165) is 16.9 Å². The largest absolute Gasteiger partial charge is 0.317 e. The molecule has 1 heteroatoms. The van der Waals surface area contributed by atoms with Crippen LogP contribution in [0.1, 0.15) is 22.3 Å². The summed E-state index contributed by atoms with van der Waals surface area (Å²) in [5.74, 6) is 0. The third kappa shape index (κ3) is 6.42. The SMILES string of the molecule is C(=C(c1ccccc1)c1ccccc1)N(c1ccccc1)c1ccc(/C=C/C=C/c2ccccc2)cc1. The molecule has 0 saturated heterocycles. The van der Waals surface area contributed by atoms with E-state index in [-0.39, 0.29) is 0 Å². The van der Waals surface area contributed by atoms with Gasteiger partial charge in [-0.1, -0.05) is 146 Å². The minimum atomic E-state index is 1.10. The molecule has 0 bridgehead atoms. The van der Waals surface area contributed by atoms with Crippen LogP contribution in [0.2, 0.25) is 0 Å². The van der Waals surface area contributed by atoms with Crippen LogP contribution in [-0.2, 0) is 0 Å². The number of anilines is 2. The molecule has 0 unspecified atom stereocenters. The summed E-state index contributed by atoms with van der Waals surface area (Å²) in [6, 6.07) is 50.7. The average molecular weight is 476 g/mol. The molecule has 0 saturated carbocycles. The number of rotatable bonds is 8. The Bertz CT molecular complexity index is 1420. The smallest absolute Gasteiger partial charge is 0.0456 e. The molecule has 0 amide bonds. The van der Waals surface area contributed by atoms with Gasteiger partial charge >= 0.3 is 0 Å². The van der Waals surface area contributed by atoms with Crippen LogP contribution < -0.4 is 4.90 Å². The Hall–Kier alpha value is -4.88. The molecule has 0 N–H and O–H groups in total. The van der Waals surface area contributed by atoms with Crippen molar-refractivity contribution in [1.29, 1.82) is 0 Å². The molecule has 0 aliphatic carbocycles. The van der Waals surface area contributed by atoms with E-state index in [2.05, 4.69) is 175 Å². The molecule has 5 aromatic rings. The fourth-order valence-corrected chi connectivity index (χ4v) is 4.21. The standard InChI is InChI=1S/C36H29N/c1-5-15-30(16-6-1)17-13-14-18-31-25-27-35(28-26-31)37(34-23-11-4-12-24-34)29-36(32-19-7-2-8-20-32)33-21-9-3-10-22-33/h1-29H/b17-13+,18-14+. The topological polar surface area (TPSA) is 3.24 Å². The molecule has 37 heavy (non-hydrogen) atoms. The molecule has 5 aromatic carbocycles. The molecule has 1 nitrogen and oxygen atoms in total. The van der Waals surface area contributed by atoms with E-state index in [4.69, 9.17) is 0 Å². The van der Waals surface area contributed by atoms with Gasteiger partial charge in [0.2, 0.25) is 0 Å². The van der Waals surface area contributed by atoms with Crippen LogP contribution in [0.25, 0.3) is 17.7 Å². The number of allylic oxidation sites excluding steroid dienone is 2. The van der Waals surface area contributed by atoms with Crippen molar-refractivity contribution in [3.63, 3.8) is 0 Å². The molecule has 0 aliphatic heterocycles. The highest BCUT2D eigenvalue weighted by Gasteiger charge is 2.11. The van der Waals surface area contributed by atoms with Crippen molar-refractivity contribution in [2.24, 2.45) is 0 Å². The number of hydrogen-bond acceptors (Lipinski definition) is 1. The molecule has 0 aromatic heterocycles. The van der Waals surface area contributed by atoms with E-state index in [1.165, 1.54) is 22.3 Å². The Morgan fingerprint density at radius 3 is 1.32 bits per heavy atom. The zero-order valence-corrected chi connectivity index (χ0v) is 20.7. The monoisotopic (exact) mass is 475 g/mol. The molecule has 0 aliphatic rings. The first-order chi connectivity index (χ1) is 18.4. The van der Waals surface area contributed by atoms with Gasteiger partial charge in [-0.05, 0) is 46.5 Å². The van der Waals surface area contributed by atoms with Gasteiger partial charge < -0.3 is 4.90 Å². The van der Waals surface area contributed by atoms with E-state index < -0.39 is 0 Å². The van der Waals surface area contributed by atoms with E-state index >= 15 is 0 Å². The van der Waals surface area contributed by atoms with Gasteiger partial charge in [-0.15, -0.1) is 0 Å². The van der Waals surface area contributed by atoms with Crippen LogP contribution in [0.5, 0.6) is 0 Å². The maximum Gasteiger partial charge on any atom is 0.0456 e. The van der Waals surface area contributed by atoms with Gasteiger partial charge in [-0.2, -0.15) is 0 Å². The summed E-state index contributed by atoms with van der Waals surface area (Å²) in [6.07, 6.45) is 10.6. The number of nitrogens with zero attached hydrogens (tertiary/aromatic N) is 1. The summed E-state index contributed by atoms with van der Waals surface area (Å²) in [7, 11) is 0. The quantitative estimate of drug-likeness (QED) is 0.202. The third-order valence-corrected chi connectivity index (χ3v) is 6.12. The summed E-state index contributed by atoms with van der Waals surface area (Å²) in [4.78, 5) is 2.26. The molecular weight excluding hydrogens is 446 g/mol. The second kappa shape index (κ2) is 12.2. The van der Waals surface area contributed by atoms with E-state index in [9.17, 15) is 0 Å². The number of para-hydroxylation sites is 1. The van der Waals surface area contributed by atoms with Crippen molar-refractivity contribution in [3.8, 4) is 0 Å². The van der Waals surface area contributed by atoms with Crippen molar-refractivity contribution >= 4 is 29.1 Å². The van der Waals surface area contributed by atoms with Gasteiger partial charge in [0.05, 0.1) is 0 Å². The number of hydrogen-bond donors (Lipinski definition) is 0. The van der Waals surface area contributed by atoms with Crippen LogP contribution in [0.4, 0.5) is 11.4 Å². The second-order valence-electron chi connectivity index (χ2n) is 8.70. The van der Waals surface area contributed by atoms with Crippen LogP contribution in [0.15, 0.2) is 164 Å². The van der Waals surface area contributed by atoms with Gasteiger partial charge in [0.1, 0.15) is 0 Å². The minimum absolute atomic E-state index is 1.10. The van der Waals surface area contributed by atoms with E-state index in [1.54, 1.807) is 0 Å². The molecule has 0 atom stereocenters. The molecule has 0 radical (unpaired) electrons. The lowest BCUT2D eigenvalue weighted by Gasteiger charge is -2.23. The zero-order valence-electron chi connectivity index (χ0n) is 20.7. The van der Waals surface area contributed by atoms with Gasteiger partial charge in [-0.25, -0.2) is 0 Å². The highest BCUT2D eigenvalue weighted by atomic mass is 15.1. The van der Waals surface area contributed by atoms with Gasteiger partial charge in [0.25, 0.3) is 0 Å². The van der Waals surface area contributed by atoms with Gasteiger partial charge in [-0.3, -0.25) is 0 Å². The maximum absolute atomic E-state index is 2.26. The van der Waals surface area contributed by atoms with Crippen LogP contribution in [0, 0.1) is 0 Å². The second-order valence-corrected chi connectivity index (χ2v) is 8.70. The lowest BCUT2D eigenvalue weighted by molar-refractivity contribution is 1.28. The van der Waals surface area contributed by atoms with Crippen LogP contribution in [-0.4, -0.2) is 0 Å². The van der Waals surface area contributed by atoms with Crippen molar-refractivity contribution in [3.05, 3.63) is 186 Å². The lowest BCUT2D eigenvalue weighted by Crippen LogP contribution is -2.10. The fourth-order valence-electron chi connectivity index (χ4n) is 4.21. The lowest BCUT2D eigenvalue weighted by atomic mass is 9.98. The van der Waals surface area contributed by atoms with Gasteiger partial charge in [0, 0.05) is 23.1 Å². The van der Waals surface area contributed by atoms with Crippen molar-refractivity contribution in [2.75, 3.05) is 4.90 Å². The normalized spacial score (nSPS) is 11.0. The van der Waals surface area contributed by atoms with Crippen LogP contribution in [0.3, 0.4) is 0 Å². The Balaban J connectivity index is 1.48. The molecule has 178 valence electrons. The first kappa shape index (κ1) is 23.8. The Kier molecular flexibility index (Phi) is 7.86.